The number of hydrogen-bond donors (Lipinski definition) is 2. The Morgan fingerprint density at radius 2 is 2.29 bits per heavy atom. The number of nitrogens with one attached hydrogen (secondary N) is 1. The summed E-state index contributed by atoms with van der Waals surface area (Å²) in [6.45, 7) is 3.56. The largest absolute Gasteiger partial charge is 0.467 e. The number of pyridine rings is 1. The Bertz CT molecular complexity index is 448. The highest BCUT2D eigenvalue weighted by atomic mass is 32.1. The highest BCUT2D eigenvalue weighted by Gasteiger charge is 2.17. The van der Waals surface area contributed by atoms with Gasteiger partial charge in [0.2, 0.25) is 0 Å². The van der Waals surface area contributed by atoms with E-state index in [0.717, 1.165) is 5.56 Å². The summed E-state index contributed by atoms with van der Waals surface area (Å²) in [5.41, 5.74) is 7.20. The van der Waals surface area contributed by atoms with E-state index in [4.69, 9.17) is 18.0 Å². The van der Waals surface area contributed by atoms with Crippen molar-refractivity contribution >= 4 is 29.0 Å². The second-order valence-corrected chi connectivity index (χ2v) is 4.04. The monoisotopic (exact) mass is 253 g/mol. The average Bonchev–Trinajstić information content (AvgIpc) is 2.27. The number of esters is 1. The van der Waals surface area contributed by atoms with E-state index in [2.05, 4.69) is 15.0 Å². The zero-order valence-electron chi connectivity index (χ0n) is 9.98. The Balaban J connectivity index is 3.02. The van der Waals surface area contributed by atoms with Gasteiger partial charge in [-0.05, 0) is 25.5 Å². The first-order valence-electron chi connectivity index (χ1n) is 5.07. The Morgan fingerprint density at radius 1 is 1.65 bits per heavy atom. The quantitative estimate of drug-likeness (QED) is 0.615. The summed E-state index contributed by atoms with van der Waals surface area (Å²) in [6, 6.07) is 1.30. The van der Waals surface area contributed by atoms with Gasteiger partial charge in [-0.3, -0.25) is 0 Å². The molecule has 1 heterocycles. The summed E-state index contributed by atoms with van der Waals surface area (Å²) in [4.78, 5) is 15.7. The van der Waals surface area contributed by atoms with Gasteiger partial charge in [0.05, 0.1) is 12.7 Å². The molecule has 0 amide bonds. The zero-order chi connectivity index (χ0) is 13.0. The lowest BCUT2D eigenvalue weighted by Crippen LogP contribution is -2.29. The fourth-order valence-corrected chi connectivity index (χ4v) is 1.68. The second kappa shape index (κ2) is 5.58. The van der Waals surface area contributed by atoms with Gasteiger partial charge >= 0.3 is 5.97 Å². The van der Waals surface area contributed by atoms with Gasteiger partial charge < -0.3 is 15.8 Å². The van der Waals surface area contributed by atoms with Gasteiger partial charge in [-0.15, -0.1) is 0 Å². The third-order valence-electron chi connectivity index (χ3n) is 2.31. The molecule has 0 aromatic carbocycles. The van der Waals surface area contributed by atoms with Crippen LogP contribution in [-0.2, 0) is 9.53 Å². The van der Waals surface area contributed by atoms with Crippen LogP contribution in [0.15, 0.2) is 12.3 Å². The SMILES string of the molecule is COC(=O)C(C)Nc1nccc(C)c1C(N)=S. The second-order valence-electron chi connectivity index (χ2n) is 3.60. The molecule has 0 aliphatic rings. The summed E-state index contributed by atoms with van der Waals surface area (Å²) in [5.74, 6) is 0.123. The smallest absolute Gasteiger partial charge is 0.328 e. The lowest BCUT2D eigenvalue weighted by Gasteiger charge is -2.16. The Hall–Kier alpha value is -1.69. The normalized spacial score (nSPS) is 11.7. The van der Waals surface area contributed by atoms with Crippen molar-refractivity contribution in [2.75, 3.05) is 12.4 Å². The first kappa shape index (κ1) is 13.4. The number of anilines is 1. The van der Waals surface area contributed by atoms with E-state index >= 15 is 0 Å². The first-order valence-corrected chi connectivity index (χ1v) is 5.48. The number of thiocarbonyl (C=S) groups is 1. The molecule has 0 fully saturated rings. The van der Waals surface area contributed by atoms with Crippen LogP contribution in [0.1, 0.15) is 18.1 Å². The predicted octanol–water partition coefficient (Wildman–Crippen LogP) is 0.998. The molecule has 0 aliphatic carbocycles. The van der Waals surface area contributed by atoms with Crippen LogP contribution in [0.3, 0.4) is 0 Å². The number of hydrogen-bond acceptors (Lipinski definition) is 5. The van der Waals surface area contributed by atoms with Gasteiger partial charge in [-0.2, -0.15) is 0 Å². The van der Waals surface area contributed by atoms with Gasteiger partial charge in [-0.25, -0.2) is 9.78 Å². The van der Waals surface area contributed by atoms with Crippen molar-refractivity contribution in [1.29, 1.82) is 0 Å². The van der Waals surface area contributed by atoms with E-state index in [-0.39, 0.29) is 11.0 Å². The summed E-state index contributed by atoms with van der Waals surface area (Å²) in [7, 11) is 1.33. The minimum atomic E-state index is -0.512. The molecule has 0 saturated heterocycles. The molecule has 1 aromatic heterocycles. The van der Waals surface area contributed by atoms with Crippen LogP contribution >= 0.6 is 12.2 Å². The zero-order valence-corrected chi connectivity index (χ0v) is 10.8. The molecule has 3 N–H and O–H groups in total. The number of rotatable bonds is 4. The molecule has 1 unspecified atom stereocenters. The highest BCUT2D eigenvalue weighted by Crippen LogP contribution is 2.17. The van der Waals surface area contributed by atoms with Gasteiger partial charge in [0.25, 0.3) is 0 Å². The molecule has 0 saturated carbocycles. The van der Waals surface area contributed by atoms with Crippen LogP contribution in [-0.4, -0.2) is 29.1 Å². The number of carbonyl (C=O) groups excluding carboxylic acids is 1. The molecule has 5 nitrogen and oxygen atoms in total. The minimum Gasteiger partial charge on any atom is -0.467 e. The fourth-order valence-electron chi connectivity index (χ4n) is 1.42. The fraction of sp³-hybridized carbons (Fsp3) is 0.364. The Morgan fingerprint density at radius 3 is 2.82 bits per heavy atom. The van der Waals surface area contributed by atoms with Crippen LogP contribution in [0.4, 0.5) is 5.82 Å². The van der Waals surface area contributed by atoms with E-state index in [1.807, 2.05) is 13.0 Å². The van der Waals surface area contributed by atoms with Gasteiger partial charge in [0, 0.05) is 6.20 Å². The van der Waals surface area contributed by atoms with Crippen LogP contribution < -0.4 is 11.1 Å². The summed E-state index contributed by atoms with van der Waals surface area (Å²) < 4.78 is 4.62. The number of aryl methyl sites for hydroxylation is 1. The van der Waals surface area contributed by atoms with E-state index in [1.165, 1.54) is 7.11 Å². The number of nitrogens with two attached hydrogens (primary N) is 1. The van der Waals surface area contributed by atoms with Gasteiger partial charge in [0.1, 0.15) is 16.8 Å². The molecule has 92 valence electrons. The summed E-state index contributed by atoms with van der Waals surface area (Å²) >= 11 is 4.97. The molecule has 0 spiro atoms. The minimum absolute atomic E-state index is 0.246. The average molecular weight is 253 g/mol. The number of carbonyl (C=O) groups is 1. The van der Waals surface area contributed by atoms with Crippen molar-refractivity contribution in [2.45, 2.75) is 19.9 Å². The number of aromatic nitrogens is 1. The van der Waals surface area contributed by atoms with Crippen molar-refractivity contribution in [3.05, 3.63) is 23.4 Å². The van der Waals surface area contributed by atoms with Crippen LogP contribution in [0.25, 0.3) is 0 Å². The topological polar surface area (TPSA) is 77.2 Å². The lowest BCUT2D eigenvalue weighted by atomic mass is 10.1. The van der Waals surface area contributed by atoms with Crippen molar-refractivity contribution in [3.8, 4) is 0 Å². The molecule has 1 rings (SSSR count). The van der Waals surface area contributed by atoms with Crippen molar-refractivity contribution < 1.29 is 9.53 Å². The molecule has 0 radical (unpaired) electrons. The molecule has 1 atom stereocenters. The number of ether oxygens (including phenoxy) is 1. The van der Waals surface area contributed by atoms with Gasteiger partial charge in [-0.1, -0.05) is 12.2 Å². The highest BCUT2D eigenvalue weighted by molar-refractivity contribution is 7.80. The van der Waals surface area contributed by atoms with E-state index in [9.17, 15) is 4.79 Å². The summed E-state index contributed by atoms with van der Waals surface area (Å²) in [6.07, 6.45) is 1.63. The third kappa shape index (κ3) is 3.13. The predicted molar refractivity (Wildman–Crippen MR) is 70.0 cm³/mol. The molecule has 6 heteroatoms. The van der Waals surface area contributed by atoms with Crippen molar-refractivity contribution in [2.24, 2.45) is 5.73 Å². The summed E-state index contributed by atoms with van der Waals surface area (Å²) in [5, 5.41) is 2.93. The van der Waals surface area contributed by atoms with E-state index < -0.39 is 6.04 Å². The van der Waals surface area contributed by atoms with Crippen LogP contribution in [0.2, 0.25) is 0 Å². The molecule has 0 bridgehead atoms. The van der Waals surface area contributed by atoms with Crippen LogP contribution in [0.5, 0.6) is 0 Å². The molecular weight excluding hydrogens is 238 g/mol. The van der Waals surface area contributed by atoms with Gasteiger partial charge in [0.15, 0.2) is 0 Å². The maximum atomic E-state index is 11.3. The van der Waals surface area contributed by atoms with Crippen LogP contribution in [0, 0.1) is 6.92 Å². The van der Waals surface area contributed by atoms with E-state index in [0.29, 0.717) is 11.4 Å². The number of nitrogens with zero attached hydrogens (tertiary/aromatic N) is 1. The lowest BCUT2D eigenvalue weighted by molar-refractivity contribution is -0.141. The standard InChI is InChI=1S/C11H15N3O2S/c1-6-4-5-13-10(8(6)9(12)17)14-7(2)11(15)16-3/h4-5,7H,1-3H3,(H2,12,17)(H,13,14). The van der Waals surface area contributed by atoms with Crippen molar-refractivity contribution in [1.82, 2.24) is 4.98 Å². The maximum absolute atomic E-state index is 11.3. The first-order chi connectivity index (χ1) is 7.97. The molecule has 0 aliphatic heterocycles. The molecule has 1 aromatic rings. The Kier molecular flexibility index (Phi) is 4.39. The van der Waals surface area contributed by atoms with E-state index in [1.54, 1.807) is 13.1 Å². The van der Waals surface area contributed by atoms with Crippen molar-refractivity contribution in [3.63, 3.8) is 0 Å². The molecule has 17 heavy (non-hydrogen) atoms. The maximum Gasteiger partial charge on any atom is 0.328 e. The Labute approximate surface area is 105 Å². The number of methoxy groups -OCH3 is 1. The molecular formula is C11H15N3O2S. The third-order valence-corrected chi connectivity index (χ3v) is 2.52.